The van der Waals surface area contributed by atoms with Crippen LogP contribution in [0.2, 0.25) is 0 Å². The summed E-state index contributed by atoms with van der Waals surface area (Å²) in [6.45, 7) is 3.47. The normalized spacial score (nSPS) is 20.0. The highest BCUT2D eigenvalue weighted by Gasteiger charge is 2.44. The minimum atomic E-state index is -1.67. The summed E-state index contributed by atoms with van der Waals surface area (Å²) in [6, 6.07) is -1.19. The number of ether oxygens (including phenoxy) is 2. The van der Waals surface area contributed by atoms with Crippen LogP contribution in [-0.4, -0.2) is 110 Å². The van der Waals surface area contributed by atoms with Crippen molar-refractivity contribution in [3.63, 3.8) is 0 Å². The molecule has 9 atom stereocenters. The van der Waals surface area contributed by atoms with Crippen LogP contribution in [-0.2, 0) is 14.3 Å². The van der Waals surface area contributed by atoms with Gasteiger partial charge in [-0.25, -0.2) is 0 Å². The molecule has 11 nitrogen and oxygen atoms in total. The molecular formula is C63H119NO10. The van der Waals surface area contributed by atoms with E-state index in [1.54, 1.807) is 0 Å². The lowest BCUT2D eigenvalue weighted by atomic mass is 9.98. The number of carbonyl (C=O) groups excluding carboxylic acids is 1. The molecule has 0 aromatic heterocycles. The quantitative estimate of drug-likeness (QED) is 0.0215. The number of hydrogen-bond acceptors (Lipinski definition) is 10. The lowest BCUT2D eigenvalue weighted by Crippen LogP contribution is -2.60. The second kappa shape index (κ2) is 52.1. The summed E-state index contributed by atoms with van der Waals surface area (Å²) in [6.07, 6.45) is 53.5. The molecule has 74 heavy (non-hydrogen) atoms. The first kappa shape index (κ1) is 70.3. The Morgan fingerprint density at radius 2 is 0.811 bits per heavy atom. The fourth-order valence-corrected chi connectivity index (χ4v) is 10.1. The molecule has 0 spiro atoms. The van der Waals surface area contributed by atoms with Gasteiger partial charge in [-0.15, -0.1) is 0 Å². The minimum absolute atomic E-state index is 0.243. The Labute approximate surface area is 454 Å². The second-order valence-corrected chi connectivity index (χ2v) is 22.1. The number of carbonyl (C=O) groups is 1. The van der Waals surface area contributed by atoms with Crippen molar-refractivity contribution in [2.24, 2.45) is 0 Å². The number of nitrogens with one attached hydrogen (secondary N) is 1. The summed E-state index contributed by atoms with van der Waals surface area (Å²) < 4.78 is 11.1. The van der Waals surface area contributed by atoms with Crippen molar-refractivity contribution in [3.05, 3.63) is 36.5 Å². The molecule has 1 heterocycles. The molecule has 1 aliphatic heterocycles. The monoisotopic (exact) mass is 1050 g/mol. The third-order valence-electron chi connectivity index (χ3n) is 15.2. The van der Waals surface area contributed by atoms with E-state index in [2.05, 4.69) is 55.6 Å². The Morgan fingerprint density at radius 3 is 1.20 bits per heavy atom. The van der Waals surface area contributed by atoms with Crippen LogP contribution in [0.5, 0.6) is 0 Å². The summed E-state index contributed by atoms with van der Waals surface area (Å²) in [5.74, 6) is -0.708. The van der Waals surface area contributed by atoms with Crippen LogP contribution in [0.15, 0.2) is 36.5 Å². The zero-order valence-corrected chi connectivity index (χ0v) is 47.8. The van der Waals surface area contributed by atoms with E-state index in [0.717, 1.165) is 44.9 Å². The molecular weight excluding hydrogens is 931 g/mol. The van der Waals surface area contributed by atoms with Gasteiger partial charge in [0.15, 0.2) is 6.29 Å². The van der Waals surface area contributed by atoms with Gasteiger partial charge in [0, 0.05) is 0 Å². The van der Waals surface area contributed by atoms with Crippen molar-refractivity contribution >= 4 is 5.91 Å². The van der Waals surface area contributed by atoms with Crippen molar-refractivity contribution < 1.29 is 50.0 Å². The Morgan fingerprint density at radius 1 is 0.459 bits per heavy atom. The molecule has 1 amide bonds. The number of unbranched alkanes of at least 4 members (excludes halogenated alkanes) is 36. The van der Waals surface area contributed by atoms with E-state index in [-0.39, 0.29) is 12.8 Å². The maximum Gasteiger partial charge on any atom is 0.249 e. The van der Waals surface area contributed by atoms with Crippen LogP contribution in [0.3, 0.4) is 0 Å². The van der Waals surface area contributed by atoms with Crippen molar-refractivity contribution in [2.75, 3.05) is 13.2 Å². The highest BCUT2D eigenvalue weighted by Crippen LogP contribution is 2.23. The standard InChI is InChI=1S/C63H119NO10/c1-3-5-7-9-11-13-15-17-19-21-23-25-27-28-29-31-33-35-37-39-41-43-45-47-49-51-56(67)62(72)64-54(53-73-63-61(71)60(70)59(69)57(52-65)74-63)58(68)55(66)50-48-46-44-42-40-38-36-34-32-30-26-24-22-20-18-16-14-12-10-8-6-4-2/h24,26,34,36,42,44,54-61,63,65-71H,3-23,25,27-33,35,37-41,43,45-53H2,1-2H3,(H,64,72)/b26-24+,36-34+,44-42+. The molecule has 1 saturated heterocycles. The smallest absolute Gasteiger partial charge is 0.249 e. The van der Waals surface area contributed by atoms with E-state index < -0.39 is 74.2 Å². The number of hydrogen-bond donors (Lipinski definition) is 8. The molecule has 436 valence electrons. The predicted octanol–water partition coefficient (Wildman–Crippen LogP) is 13.9. The van der Waals surface area contributed by atoms with Crippen LogP contribution in [0.4, 0.5) is 0 Å². The Kier molecular flexibility index (Phi) is 49.5. The molecule has 9 unspecified atom stereocenters. The van der Waals surface area contributed by atoms with Crippen LogP contribution in [0.25, 0.3) is 0 Å². The second-order valence-electron chi connectivity index (χ2n) is 22.1. The highest BCUT2D eigenvalue weighted by atomic mass is 16.7. The molecule has 1 aliphatic rings. The highest BCUT2D eigenvalue weighted by molar-refractivity contribution is 5.80. The largest absolute Gasteiger partial charge is 0.394 e. The third kappa shape index (κ3) is 39.7. The molecule has 0 radical (unpaired) electrons. The van der Waals surface area contributed by atoms with Gasteiger partial charge >= 0.3 is 0 Å². The SMILES string of the molecule is CCCCCCCCCCC/C=C/CC/C=C/CC/C=C/CCCC(O)C(O)C(COC1OC(CO)C(O)C(O)C1O)NC(=O)C(O)CCCCCCCCCCCCCCCCCCCCCCCCCCC. The third-order valence-corrected chi connectivity index (χ3v) is 15.2. The van der Waals surface area contributed by atoms with Gasteiger partial charge in [0.05, 0.1) is 25.4 Å². The molecule has 1 fully saturated rings. The van der Waals surface area contributed by atoms with E-state index in [0.29, 0.717) is 19.3 Å². The maximum absolute atomic E-state index is 13.2. The van der Waals surface area contributed by atoms with Gasteiger partial charge in [0.25, 0.3) is 0 Å². The zero-order valence-electron chi connectivity index (χ0n) is 47.8. The first-order chi connectivity index (χ1) is 36.2. The summed E-state index contributed by atoms with van der Waals surface area (Å²) in [5.41, 5.74) is 0. The molecule has 0 aromatic carbocycles. The first-order valence-electron chi connectivity index (χ1n) is 31.4. The summed E-state index contributed by atoms with van der Waals surface area (Å²) >= 11 is 0. The fourth-order valence-electron chi connectivity index (χ4n) is 10.1. The molecule has 11 heteroatoms. The average Bonchev–Trinajstić information content (AvgIpc) is 3.40. The van der Waals surface area contributed by atoms with Gasteiger partial charge in [-0.3, -0.25) is 4.79 Å². The summed E-state index contributed by atoms with van der Waals surface area (Å²) in [4.78, 5) is 13.2. The van der Waals surface area contributed by atoms with Crippen LogP contribution in [0.1, 0.15) is 290 Å². The Balaban J connectivity index is 2.30. The molecule has 8 N–H and O–H groups in total. The molecule has 0 saturated carbocycles. The van der Waals surface area contributed by atoms with Gasteiger partial charge < -0.3 is 50.5 Å². The number of aliphatic hydroxyl groups is 7. The van der Waals surface area contributed by atoms with Gasteiger partial charge in [-0.2, -0.15) is 0 Å². The van der Waals surface area contributed by atoms with Crippen molar-refractivity contribution in [1.82, 2.24) is 5.32 Å². The topological polar surface area (TPSA) is 189 Å². The minimum Gasteiger partial charge on any atom is -0.394 e. The summed E-state index contributed by atoms with van der Waals surface area (Å²) in [7, 11) is 0. The number of aliphatic hydroxyl groups excluding tert-OH is 7. The van der Waals surface area contributed by atoms with E-state index in [4.69, 9.17) is 9.47 Å². The zero-order chi connectivity index (χ0) is 54.0. The van der Waals surface area contributed by atoms with Crippen LogP contribution < -0.4 is 5.32 Å². The van der Waals surface area contributed by atoms with E-state index >= 15 is 0 Å². The van der Waals surface area contributed by atoms with Crippen LogP contribution in [0, 0.1) is 0 Å². The number of rotatable bonds is 54. The summed E-state index contributed by atoms with van der Waals surface area (Å²) in [5, 5.41) is 76.2. The molecule has 0 aromatic rings. The number of amides is 1. The van der Waals surface area contributed by atoms with Crippen molar-refractivity contribution in [2.45, 2.75) is 345 Å². The van der Waals surface area contributed by atoms with Crippen molar-refractivity contribution in [3.8, 4) is 0 Å². The lowest BCUT2D eigenvalue weighted by Gasteiger charge is -2.40. The van der Waals surface area contributed by atoms with Crippen LogP contribution >= 0.6 is 0 Å². The number of allylic oxidation sites excluding steroid dienone is 6. The van der Waals surface area contributed by atoms with Gasteiger partial charge in [0.2, 0.25) is 5.91 Å². The Bertz CT molecular complexity index is 1300. The van der Waals surface area contributed by atoms with Gasteiger partial charge in [0.1, 0.15) is 36.6 Å². The van der Waals surface area contributed by atoms with Gasteiger partial charge in [-0.1, -0.05) is 262 Å². The Hall–Kier alpha value is -1.67. The van der Waals surface area contributed by atoms with E-state index in [9.17, 15) is 40.5 Å². The average molecular weight is 1050 g/mol. The van der Waals surface area contributed by atoms with Crippen molar-refractivity contribution in [1.29, 1.82) is 0 Å². The maximum atomic E-state index is 13.2. The molecule has 0 aliphatic carbocycles. The van der Waals surface area contributed by atoms with E-state index in [1.165, 1.54) is 199 Å². The van der Waals surface area contributed by atoms with E-state index in [1.807, 2.05) is 0 Å². The molecule has 0 bridgehead atoms. The molecule has 1 rings (SSSR count). The predicted molar refractivity (Wildman–Crippen MR) is 307 cm³/mol. The van der Waals surface area contributed by atoms with Gasteiger partial charge in [-0.05, 0) is 64.2 Å². The lowest BCUT2D eigenvalue weighted by molar-refractivity contribution is -0.303. The fraction of sp³-hybridized carbons (Fsp3) is 0.889. The first-order valence-corrected chi connectivity index (χ1v) is 31.4.